The van der Waals surface area contributed by atoms with E-state index in [9.17, 15) is 19.5 Å². The van der Waals surface area contributed by atoms with Crippen molar-refractivity contribution in [3.63, 3.8) is 0 Å². The Labute approximate surface area is 176 Å². The number of rotatable bonds is 17. The van der Waals surface area contributed by atoms with Gasteiger partial charge in [0.2, 0.25) is 5.60 Å². The van der Waals surface area contributed by atoms with Crippen LogP contribution in [-0.4, -0.2) is 34.3 Å². The van der Waals surface area contributed by atoms with Crippen molar-refractivity contribution in [1.29, 1.82) is 0 Å². The molecule has 0 spiro atoms. The van der Waals surface area contributed by atoms with Gasteiger partial charge in [0.25, 0.3) is 0 Å². The molecule has 166 valence electrons. The Kier molecular flexibility index (Phi) is 12.8. The lowest BCUT2D eigenvalue weighted by Crippen LogP contribution is -2.53. The molecule has 0 aromatic heterocycles. The summed E-state index contributed by atoms with van der Waals surface area (Å²) in [5.41, 5.74) is -2.23. The van der Waals surface area contributed by atoms with Crippen molar-refractivity contribution >= 4 is 17.5 Å². The first-order valence-electron chi connectivity index (χ1n) is 11.6. The van der Waals surface area contributed by atoms with Crippen molar-refractivity contribution in [2.75, 3.05) is 0 Å². The molecule has 0 radical (unpaired) electrons. The van der Waals surface area contributed by atoms with Crippen LogP contribution in [0.15, 0.2) is 12.2 Å². The molecule has 0 aromatic rings. The topological polar surface area (TPSA) is 80.7 Å². The highest BCUT2D eigenvalue weighted by Gasteiger charge is 2.52. The number of carbonyl (C=O) groups excluding carboxylic acids is 3. The first kappa shape index (κ1) is 25.5. The number of carbonyl (C=O) groups is 3. The summed E-state index contributed by atoms with van der Waals surface area (Å²) in [7, 11) is 0. The highest BCUT2D eigenvalue weighted by molar-refractivity contribution is 6.17. The molecular formula is C24H40O5. The van der Waals surface area contributed by atoms with Crippen LogP contribution in [-0.2, 0) is 19.1 Å². The van der Waals surface area contributed by atoms with Gasteiger partial charge < -0.3 is 9.84 Å². The Hall–Kier alpha value is -1.49. The quantitative estimate of drug-likeness (QED) is 0.202. The SMILES string of the molecule is CCCCCCCCCCCCCCCCC(=O)[C@@]1(O)C(=O)C=C[C@@H]1OC(C)=O. The fraction of sp³-hybridized carbons (Fsp3) is 0.792. The number of ketones is 2. The molecule has 0 aliphatic heterocycles. The van der Waals surface area contributed by atoms with E-state index in [1.165, 1.54) is 77.2 Å². The van der Waals surface area contributed by atoms with Gasteiger partial charge in [0.1, 0.15) is 0 Å². The molecule has 0 saturated heterocycles. The minimum atomic E-state index is -2.23. The summed E-state index contributed by atoms with van der Waals surface area (Å²) in [6, 6.07) is 0. The lowest BCUT2D eigenvalue weighted by atomic mass is 9.89. The van der Waals surface area contributed by atoms with E-state index in [2.05, 4.69) is 6.92 Å². The van der Waals surface area contributed by atoms with Crippen LogP contribution in [0.1, 0.15) is 110 Å². The van der Waals surface area contributed by atoms with Crippen LogP contribution in [0.5, 0.6) is 0 Å². The number of ether oxygens (including phenoxy) is 1. The first-order chi connectivity index (χ1) is 13.9. The molecule has 1 rings (SSSR count). The fourth-order valence-corrected chi connectivity index (χ4v) is 3.85. The predicted octanol–water partition coefficient (Wildman–Crippen LogP) is 5.23. The van der Waals surface area contributed by atoms with Gasteiger partial charge in [-0.25, -0.2) is 0 Å². The van der Waals surface area contributed by atoms with Gasteiger partial charge in [-0.3, -0.25) is 14.4 Å². The first-order valence-corrected chi connectivity index (χ1v) is 11.6. The number of hydrogen-bond acceptors (Lipinski definition) is 5. The molecule has 0 saturated carbocycles. The maximum Gasteiger partial charge on any atom is 0.303 e. The van der Waals surface area contributed by atoms with E-state index in [0.717, 1.165) is 25.3 Å². The van der Waals surface area contributed by atoms with Crippen molar-refractivity contribution < 1.29 is 24.2 Å². The van der Waals surface area contributed by atoms with Gasteiger partial charge in [0.05, 0.1) is 0 Å². The van der Waals surface area contributed by atoms with Gasteiger partial charge in [-0.15, -0.1) is 0 Å². The van der Waals surface area contributed by atoms with Gasteiger partial charge in [-0.05, 0) is 18.6 Å². The van der Waals surface area contributed by atoms with E-state index in [1.807, 2.05) is 0 Å². The zero-order chi connectivity index (χ0) is 21.5. The second kappa shape index (κ2) is 14.5. The van der Waals surface area contributed by atoms with Crippen molar-refractivity contribution in [3.8, 4) is 0 Å². The summed E-state index contributed by atoms with van der Waals surface area (Å²) in [4.78, 5) is 35.4. The normalized spacial score (nSPS) is 20.9. The van der Waals surface area contributed by atoms with Gasteiger partial charge in [0.15, 0.2) is 17.7 Å². The molecule has 0 unspecified atom stereocenters. The van der Waals surface area contributed by atoms with E-state index in [4.69, 9.17) is 4.74 Å². The minimum absolute atomic E-state index is 0.125. The van der Waals surface area contributed by atoms with Crippen molar-refractivity contribution in [2.45, 2.75) is 122 Å². The Bertz CT molecular complexity index is 539. The van der Waals surface area contributed by atoms with Gasteiger partial charge >= 0.3 is 5.97 Å². The highest BCUT2D eigenvalue weighted by Crippen LogP contribution is 2.27. The predicted molar refractivity (Wildman–Crippen MR) is 115 cm³/mol. The van der Waals surface area contributed by atoms with Gasteiger partial charge in [-0.1, -0.05) is 90.4 Å². The Balaban J connectivity index is 2.05. The molecule has 1 N–H and O–H groups in total. The van der Waals surface area contributed by atoms with Crippen LogP contribution in [0.2, 0.25) is 0 Å². The number of aliphatic hydroxyl groups is 1. The highest BCUT2D eigenvalue weighted by atomic mass is 16.6. The number of esters is 1. The van der Waals surface area contributed by atoms with E-state index >= 15 is 0 Å². The number of unbranched alkanes of at least 4 members (excludes halogenated alkanes) is 13. The second-order valence-electron chi connectivity index (χ2n) is 8.29. The molecule has 0 heterocycles. The van der Waals surface area contributed by atoms with Crippen molar-refractivity contribution in [1.82, 2.24) is 0 Å². The van der Waals surface area contributed by atoms with E-state index in [-0.39, 0.29) is 6.42 Å². The fourth-order valence-electron chi connectivity index (χ4n) is 3.85. The second-order valence-corrected chi connectivity index (χ2v) is 8.29. The zero-order valence-corrected chi connectivity index (χ0v) is 18.4. The van der Waals surface area contributed by atoms with Crippen LogP contribution in [0.3, 0.4) is 0 Å². The van der Waals surface area contributed by atoms with Crippen LogP contribution < -0.4 is 0 Å². The Morgan fingerprint density at radius 1 is 0.897 bits per heavy atom. The monoisotopic (exact) mass is 408 g/mol. The maximum absolute atomic E-state index is 12.4. The summed E-state index contributed by atoms with van der Waals surface area (Å²) >= 11 is 0. The van der Waals surface area contributed by atoms with Gasteiger partial charge in [-0.2, -0.15) is 0 Å². The average Bonchev–Trinajstić information content (AvgIpc) is 2.97. The van der Waals surface area contributed by atoms with Crippen LogP contribution >= 0.6 is 0 Å². The zero-order valence-electron chi connectivity index (χ0n) is 18.4. The third kappa shape index (κ3) is 9.24. The molecule has 1 aliphatic rings. The molecular weight excluding hydrogens is 368 g/mol. The van der Waals surface area contributed by atoms with E-state index in [1.54, 1.807) is 0 Å². The minimum Gasteiger partial charge on any atom is -0.454 e. The summed E-state index contributed by atoms with van der Waals surface area (Å²) < 4.78 is 4.92. The molecule has 5 nitrogen and oxygen atoms in total. The van der Waals surface area contributed by atoms with Gasteiger partial charge in [0, 0.05) is 13.3 Å². The smallest absolute Gasteiger partial charge is 0.303 e. The summed E-state index contributed by atoms with van der Waals surface area (Å²) in [6.45, 7) is 3.44. The van der Waals surface area contributed by atoms with Crippen LogP contribution in [0.25, 0.3) is 0 Å². The molecule has 0 aromatic carbocycles. The van der Waals surface area contributed by atoms with E-state index in [0.29, 0.717) is 6.42 Å². The average molecular weight is 409 g/mol. The third-order valence-electron chi connectivity index (χ3n) is 5.69. The molecule has 0 bridgehead atoms. The number of hydrogen-bond donors (Lipinski definition) is 1. The summed E-state index contributed by atoms with van der Waals surface area (Å²) in [5, 5.41) is 10.5. The van der Waals surface area contributed by atoms with Crippen molar-refractivity contribution in [3.05, 3.63) is 12.2 Å². The van der Waals surface area contributed by atoms with Crippen LogP contribution in [0.4, 0.5) is 0 Å². The lowest BCUT2D eigenvalue weighted by molar-refractivity contribution is -0.166. The molecule has 2 atom stereocenters. The molecule has 0 fully saturated rings. The Morgan fingerprint density at radius 3 is 1.79 bits per heavy atom. The largest absolute Gasteiger partial charge is 0.454 e. The van der Waals surface area contributed by atoms with E-state index < -0.39 is 29.2 Å². The van der Waals surface area contributed by atoms with Crippen molar-refractivity contribution in [2.24, 2.45) is 0 Å². The molecule has 1 aliphatic carbocycles. The van der Waals surface area contributed by atoms with Crippen LogP contribution in [0, 0.1) is 0 Å². The standard InChI is InChI=1S/C24H40O5/c1-3-4-5-6-7-8-9-10-11-12-13-14-15-16-17-21(26)24(28)22(27)18-19-23(24)29-20(2)25/h18-19,23,28H,3-17H2,1-2H3/t23-,24+/m0/s1. The summed E-state index contributed by atoms with van der Waals surface area (Å²) in [5.74, 6) is -1.88. The molecule has 5 heteroatoms. The molecule has 29 heavy (non-hydrogen) atoms. The number of Topliss-reactive ketones (excluding diaryl/α,β-unsaturated/α-hetero) is 1. The third-order valence-corrected chi connectivity index (χ3v) is 5.69. The Morgan fingerprint density at radius 2 is 1.34 bits per heavy atom. The summed E-state index contributed by atoms with van der Waals surface area (Å²) in [6.07, 6.45) is 18.4. The molecule has 0 amide bonds. The lowest BCUT2D eigenvalue weighted by Gasteiger charge is -2.26. The maximum atomic E-state index is 12.4.